The SMILES string of the molecule is CC(C)N(CCOc1ccc(C(N)=S)c(Br)c1F)C(C)C. The molecule has 0 spiro atoms. The smallest absolute Gasteiger partial charge is 0.179 e. The van der Waals surface area contributed by atoms with Crippen molar-refractivity contribution in [1.29, 1.82) is 0 Å². The number of ether oxygens (including phenoxy) is 1. The molecule has 3 nitrogen and oxygen atoms in total. The zero-order valence-electron chi connectivity index (χ0n) is 12.8. The minimum absolute atomic E-state index is 0.151. The summed E-state index contributed by atoms with van der Waals surface area (Å²) < 4.78 is 20.0. The molecule has 0 saturated heterocycles. The summed E-state index contributed by atoms with van der Waals surface area (Å²) in [5.41, 5.74) is 6.00. The van der Waals surface area contributed by atoms with Crippen molar-refractivity contribution in [3.05, 3.63) is 28.0 Å². The van der Waals surface area contributed by atoms with Gasteiger partial charge in [-0.2, -0.15) is 0 Å². The molecule has 1 aromatic rings. The quantitative estimate of drug-likeness (QED) is 0.735. The van der Waals surface area contributed by atoms with Crippen molar-refractivity contribution in [2.24, 2.45) is 5.73 Å². The van der Waals surface area contributed by atoms with Gasteiger partial charge in [0.2, 0.25) is 0 Å². The van der Waals surface area contributed by atoms with Crippen molar-refractivity contribution in [2.75, 3.05) is 13.2 Å². The largest absolute Gasteiger partial charge is 0.489 e. The van der Waals surface area contributed by atoms with Crippen LogP contribution in [0.4, 0.5) is 4.39 Å². The lowest BCUT2D eigenvalue weighted by Gasteiger charge is -2.30. The van der Waals surface area contributed by atoms with E-state index in [-0.39, 0.29) is 15.2 Å². The van der Waals surface area contributed by atoms with Crippen LogP contribution in [0.3, 0.4) is 0 Å². The molecular formula is C15H22BrFN2OS. The molecule has 0 radical (unpaired) electrons. The molecule has 21 heavy (non-hydrogen) atoms. The second-order valence-corrected chi connectivity index (χ2v) is 6.61. The van der Waals surface area contributed by atoms with E-state index in [1.165, 1.54) is 0 Å². The summed E-state index contributed by atoms with van der Waals surface area (Å²) in [6, 6.07) is 4.06. The molecule has 0 unspecified atom stereocenters. The number of benzene rings is 1. The maximum absolute atomic E-state index is 14.2. The normalized spacial score (nSPS) is 11.5. The van der Waals surface area contributed by atoms with E-state index in [9.17, 15) is 4.39 Å². The van der Waals surface area contributed by atoms with E-state index < -0.39 is 5.82 Å². The Labute approximate surface area is 139 Å². The molecule has 0 amide bonds. The first-order chi connectivity index (χ1) is 9.75. The third-order valence-electron chi connectivity index (χ3n) is 3.25. The summed E-state index contributed by atoms with van der Waals surface area (Å²) in [4.78, 5) is 2.44. The monoisotopic (exact) mass is 376 g/mol. The van der Waals surface area contributed by atoms with Gasteiger partial charge in [-0.15, -0.1) is 0 Å². The van der Waals surface area contributed by atoms with Gasteiger partial charge in [0.15, 0.2) is 11.6 Å². The Bertz CT molecular complexity index is 501. The maximum Gasteiger partial charge on any atom is 0.179 e. The fraction of sp³-hybridized carbons (Fsp3) is 0.533. The molecule has 0 aliphatic heterocycles. The number of nitrogens with two attached hydrogens (primary N) is 1. The summed E-state index contributed by atoms with van der Waals surface area (Å²) in [6.07, 6.45) is 0. The highest BCUT2D eigenvalue weighted by Gasteiger charge is 2.16. The Morgan fingerprint density at radius 3 is 2.38 bits per heavy atom. The lowest BCUT2D eigenvalue weighted by molar-refractivity contribution is 0.140. The van der Waals surface area contributed by atoms with Crippen molar-refractivity contribution in [1.82, 2.24) is 4.90 Å². The highest BCUT2D eigenvalue weighted by molar-refractivity contribution is 9.10. The van der Waals surface area contributed by atoms with Gasteiger partial charge in [-0.1, -0.05) is 12.2 Å². The third kappa shape index (κ3) is 4.90. The van der Waals surface area contributed by atoms with Crippen LogP contribution in [0.1, 0.15) is 33.3 Å². The summed E-state index contributed by atoms with van der Waals surface area (Å²) in [5.74, 6) is -0.268. The van der Waals surface area contributed by atoms with Crippen LogP contribution < -0.4 is 10.5 Å². The van der Waals surface area contributed by atoms with Crippen molar-refractivity contribution in [3.63, 3.8) is 0 Å². The molecule has 1 rings (SSSR count). The Balaban J connectivity index is 2.73. The van der Waals surface area contributed by atoms with Crippen LogP contribution in [0.15, 0.2) is 16.6 Å². The maximum atomic E-state index is 14.2. The first-order valence-corrected chi connectivity index (χ1v) is 8.12. The Kier molecular flexibility index (Phi) is 7.03. The van der Waals surface area contributed by atoms with Crippen LogP contribution in [-0.4, -0.2) is 35.1 Å². The molecule has 0 bridgehead atoms. The second kappa shape index (κ2) is 8.06. The van der Waals surface area contributed by atoms with Crippen molar-refractivity contribution < 1.29 is 9.13 Å². The van der Waals surface area contributed by atoms with Crippen LogP contribution in [-0.2, 0) is 0 Å². The summed E-state index contributed by atoms with van der Waals surface area (Å²) >= 11 is 8.03. The van der Waals surface area contributed by atoms with E-state index in [4.69, 9.17) is 22.7 Å². The molecule has 0 aliphatic rings. The van der Waals surface area contributed by atoms with Gasteiger partial charge in [-0.05, 0) is 55.8 Å². The number of thiocarbonyl (C=S) groups is 1. The number of nitrogens with zero attached hydrogens (tertiary/aromatic N) is 1. The van der Waals surface area contributed by atoms with Gasteiger partial charge in [0, 0.05) is 24.2 Å². The van der Waals surface area contributed by atoms with Gasteiger partial charge in [0.05, 0.1) is 4.47 Å². The minimum Gasteiger partial charge on any atom is -0.489 e. The molecule has 2 N–H and O–H groups in total. The molecule has 0 aliphatic carbocycles. The van der Waals surface area contributed by atoms with Gasteiger partial charge in [0.1, 0.15) is 11.6 Å². The molecule has 0 heterocycles. The average molecular weight is 377 g/mol. The summed E-state index contributed by atoms with van der Waals surface area (Å²) in [7, 11) is 0. The van der Waals surface area contributed by atoms with Crippen molar-refractivity contribution in [3.8, 4) is 5.75 Å². The molecule has 0 saturated carbocycles. The average Bonchev–Trinajstić information content (AvgIpc) is 2.37. The predicted molar refractivity (Wildman–Crippen MR) is 92.5 cm³/mol. The lowest BCUT2D eigenvalue weighted by Crippen LogP contribution is -2.39. The van der Waals surface area contributed by atoms with Crippen LogP contribution in [0.5, 0.6) is 5.75 Å². The Morgan fingerprint density at radius 2 is 1.90 bits per heavy atom. The highest BCUT2D eigenvalue weighted by atomic mass is 79.9. The topological polar surface area (TPSA) is 38.5 Å². The minimum atomic E-state index is -0.471. The van der Waals surface area contributed by atoms with Gasteiger partial charge in [-0.3, -0.25) is 4.90 Å². The van der Waals surface area contributed by atoms with Gasteiger partial charge >= 0.3 is 0 Å². The van der Waals surface area contributed by atoms with Crippen LogP contribution in [0.25, 0.3) is 0 Å². The first-order valence-electron chi connectivity index (χ1n) is 6.92. The Morgan fingerprint density at radius 1 is 1.33 bits per heavy atom. The van der Waals surface area contributed by atoms with Crippen LogP contribution >= 0.6 is 28.1 Å². The van der Waals surface area contributed by atoms with E-state index in [1.807, 2.05) is 0 Å². The zero-order chi connectivity index (χ0) is 16.2. The first kappa shape index (κ1) is 18.3. The van der Waals surface area contributed by atoms with Crippen LogP contribution in [0, 0.1) is 5.82 Å². The lowest BCUT2D eigenvalue weighted by atomic mass is 10.2. The molecule has 1 aromatic carbocycles. The standard InChI is InChI=1S/C15H22BrFN2OS/c1-9(2)19(10(3)4)7-8-20-12-6-5-11(15(18)21)13(16)14(12)17/h5-6,9-10H,7-8H2,1-4H3,(H2,18,21). The third-order valence-corrected chi connectivity index (χ3v) is 4.24. The van der Waals surface area contributed by atoms with E-state index in [0.29, 0.717) is 24.3 Å². The molecular weight excluding hydrogens is 355 g/mol. The van der Waals surface area contributed by atoms with E-state index in [1.54, 1.807) is 12.1 Å². The number of rotatable bonds is 7. The molecule has 118 valence electrons. The fourth-order valence-corrected chi connectivity index (χ4v) is 3.05. The molecule has 6 heteroatoms. The van der Waals surface area contributed by atoms with Crippen molar-refractivity contribution >= 4 is 33.1 Å². The predicted octanol–water partition coefficient (Wildman–Crippen LogP) is 3.72. The summed E-state index contributed by atoms with van der Waals surface area (Å²) in [5, 5.41) is 0. The molecule has 0 fully saturated rings. The van der Waals surface area contributed by atoms with Crippen molar-refractivity contribution in [2.45, 2.75) is 39.8 Å². The molecule has 0 aromatic heterocycles. The second-order valence-electron chi connectivity index (χ2n) is 5.38. The number of hydrogen-bond donors (Lipinski definition) is 1. The highest BCUT2D eigenvalue weighted by Crippen LogP contribution is 2.28. The van der Waals surface area contributed by atoms with Crippen LogP contribution in [0.2, 0.25) is 0 Å². The van der Waals surface area contributed by atoms with E-state index in [0.717, 1.165) is 6.54 Å². The summed E-state index contributed by atoms with van der Waals surface area (Å²) in [6.45, 7) is 9.69. The van der Waals surface area contributed by atoms with Gasteiger partial charge < -0.3 is 10.5 Å². The zero-order valence-corrected chi connectivity index (χ0v) is 15.2. The van der Waals surface area contributed by atoms with Gasteiger partial charge in [-0.25, -0.2) is 4.39 Å². The van der Waals surface area contributed by atoms with E-state index in [2.05, 4.69) is 48.5 Å². The molecule has 0 atom stereocenters. The number of hydrogen-bond acceptors (Lipinski definition) is 3. The van der Waals surface area contributed by atoms with E-state index >= 15 is 0 Å². The Hall–Kier alpha value is -0.720. The van der Waals surface area contributed by atoms with Gasteiger partial charge in [0.25, 0.3) is 0 Å². The number of halogens is 2. The fourth-order valence-electron chi connectivity index (χ4n) is 2.21.